The molecule has 0 aliphatic rings. The first-order valence-electron chi connectivity index (χ1n) is 7.70. The van der Waals surface area contributed by atoms with Crippen LogP contribution in [0, 0.1) is 13.8 Å². The molecule has 1 amide bonds. The lowest BCUT2D eigenvalue weighted by Crippen LogP contribution is -2.21. The Kier molecular flexibility index (Phi) is 5.01. The van der Waals surface area contributed by atoms with Gasteiger partial charge in [0.15, 0.2) is 0 Å². The summed E-state index contributed by atoms with van der Waals surface area (Å²) in [4.78, 5) is 12.8. The van der Waals surface area contributed by atoms with Gasteiger partial charge in [0.2, 0.25) is 0 Å². The molecule has 24 heavy (non-hydrogen) atoms. The molecule has 0 spiro atoms. The summed E-state index contributed by atoms with van der Waals surface area (Å²) >= 11 is 1.41. The maximum atomic E-state index is 12.1. The predicted octanol–water partition coefficient (Wildman–Crippen LogP) is 4.47. The van der Waals surface area contributed by atoms with Crippen molar-refractivity contribution in [1.29, 1.82) is 0 Å². The SMILES string of the molecule is Cc1ccc(C)c(OCc2csc(C(=O)NCc3ccco3)c2)c1. The first kappa shape index (κ1) is 16.3. The fourth-order valence-corrected chi connectivity index (χ4v) is 3.07. The summed E-state index contributed by atoms with van der Waals surface area (Å²) < 4.78 is 11.1. The Hall–Kier alpha value is -2.53. The lowest BCUT2D eigenvalue weighted by Gasteiger charge is -2.08. The largest absolute Gasteiger partial charge is 0.489 e. The highest BCUT2D eigenvalue weighted by Crippen LogP contribution is 2.22. The van der Waals surface area contributed by atoms with E-state index in [1.807, 2.05) is 43.5 Å². The number of benzene rings is 1. The molecule has 0 fully saturated rings. The molecule has 2 aromatic heterocycles. The molecule has 0 saturated heterocycles. The van der Waals surface area contributed by atoms with Gasteiger partial charge < -0.3 is 14.5 Å². The second kappa shape index (κ2) is 7.36. The molecule has 5 heteroatoms. The lowest BCUT2D eigenvalue weighted by atomic mass is 10.1. The molecule has 3 aromatic rings. The molecule has 1 N–H and O–H groups in total. The summed E-state index contributed by atoms with van der Waals surface area (Å²) in [5.74, 6) is 1.51. The van der Waals surface area contributed by atoms with Gasteiger partial charge in [0.25, 0.3) is 5.91 Å². The second-order valence-electron chi connectivity index (χ2n) is 5.64. The van der Waals surface area contributed by atoms with Crippen LogP contribution < -0.4 is 10.1 Å². The minimum Gasteiger partial charge on any atom is -0.489 e. The number of carbonyl (C=O) groups is 1. The molecular formula is C19H19NO3S. The summed E-state index contributed by atoms with van der Waals surface area (Å²) in [6.45, 7) is 4.90. The summed E-state index contributed by atoms with van der Waals surface area (Å²) in [6, 6.07) is 11.6. The summed E-state index contributed by atoms with van der Waals surface area (Å²) in [6.07, 6.45) is 1.59. The Morgan fingerprint density at radius 3 is 2.92 bits per heavy atom. The number of amides is 1. The van der Waals surface area contributed by atoms with E-state index in [0.717, 1.165) is 22.6 Å². The van der Waals surface area contributed by atoms with E-state index in [1.54, 1.807) is 12.3 Å². The van der Waals surface area contributed by atoms with E-state index in [2.05, 4.69) is 11.4 Å². The summed E-state index contributed by atoms with van der Waals surface area (Å²) in [5.41, 5.74) is 3.26. The van der Waals surface area contributed by atoms with E-state index in [0.29, 0.717) is 18.0 Å². The second-order valence-corrected chi connectivity index (χ2v) is 6.55. The fourth-order valence-electron chi connectivity index (χ4n) is 2.26. The first-order valence-corrected chi connectivity index (χ1v) is 8.58. The number of hydrogen-bond acceptors (Lipinski definition) is 4. The van der Waals surface area contributed by atoms with Crippen molar-refractivity contribution in [2.24, 2.45) is 0 Å². The average molecular weight is 341 g/mol. The van der Waals surface area contributed by atoms with E-state index < -0.39 is 0 Å². The van der Waals surface area contributed by atoms with Crippen LogP contribution in [-0.4, -0.2) is 5.91 Å². The number of furan rings is 1. The average Bonchev–Trinajstić information content (AvgIpc) is 3.25. The minimum atomic E-state index is -0.102. The van der Waals surface area contributed by atoms with Gasteiger partial charge in [0.1, 0.15) is 18.1 Å². The molecule has 0 unspecified atom stereocenters. The van der Waals surface area contributed by atoms with E-state index in [1.165, 1.54) is 16.9 Å². The van der Waals surface area contributed by atoms with Gasteiger partial charge in [-0.05, 0) is 54.6 Å². The first-order chi connectivity index (χ1) is 11.6. The Balaban J connectivity index is 1.57. The maximum absolute atomic E-state index is 12.1. The molecule has 0 saturated carbocycles. The molecule has 0 aliphatic carbocycles. The van der Waals surface area contributed by atoms with Crippen LogP contribution in [0.2, 0.25) is 0 Å². The van der Waals surface area contributed by atoms with Crippen LogP contribution in [0.25, 0.3) is 0 Å². The van der Waals surface area contributed by atoms with Gasteiger partial charge in [-0.1, -0.05) is 12.1 Å². The maximum Gasteiger partial charge on any atom is 0.261 e. The van der Waals surface area contributed by atoms with Crippen molar-refractivity contribution < 1.29 is 13.9 Å². The number of thiophene rings is 1. The van der Waals surface area contributed by atoms with Crippen molar-refractivity contribution in [1.82, 2.24) is 5.32 Å². The smallest absolute Gasteiger partial charge is 0.261 e. The van der Waals surface area contributed by atoms with Crippen LogP contribution in [0.1, 0.15) is 32.1 Å². The zero-order valence-electron chi connectivity index (χ0n) is 13.7. The third-order valence-corrected chi connectivity index (χ3v) is 4.60. The third kappa shape index (κ3) is 4.06. The van der Waals surface area contributed by atoms with E-state index in [4.69, 9.17) is 9.15 Å². The van der Waals surface area contributed by atoms with Gasteiger partial charge in [0.05, 0.1) is 17.7 Å². The quantitative estimate of drug-likeness (QED) is 0.720. The molecule has 124 valence electrons. The molecule has 2 heterocycles. The van der Waals surface area contributed by atoms with Crippen LogP contribution in [0.3, 0.4) is 0 Å². The number of carbonyl (C=O) groups excluding carboxylic acids is 1. The predicted molar refractivity (Wildman–Crippen MR) is 94.4 cm³/mol. The fraction of sp³-hybridized carbons (Fsp3) is 0.211. The molecule has 1 aromatic carbocycles. The van der Waals surface area contributed by atoms with Crippen LogP contribution in [0.4, 0.5) is 0 Å². The normalized spacial score (nSPS) is 10.6. The van der Waals surface area contributed by atoms with Crippen molar-refractivity contribution in [3.8, 4) is 5.75 Å². The van der Waals surface area contributed by atoms with Crippen LogP contribution >= 0.6 is 11.3 Å². The van der Waals surface area contributed by atoms with Crippen LogP contribution in [-0.2, 0) is 13.2 Å². The van der Waals surface area contributed by atoms with Crippen molar-refractivity contribution in [3.63, 3.8) is 0 Å². The molecule has 0 radical (unpaired) electrons. The minimum absolute atomic E-state index is 0.102. The van der Waals surface area contributed by atoms with E-state index in [-0.39, 0.29) is 5.91 Å². The van der Waals surface area contributed by atoms with E-state index >= 15 is 0 Å². The third-order valence-electron chi connectivity index (χ3n) is 3.62. The van der Waals surface area contributed by atoms with E-state index in [9.17, 15) is 4.79 Å². The number of rotatable bonds is 6. The number of nitrogens with one attached hydrogen (secondary N) is 1. The Labute approximate surface area is 145 Å². The number of hydrogen-bond donors (Lipinski definition) is 1. The highest BCUT2D eigenvalue weighted by molar-refractivity contribution is 7.12. The molecule has 0 bridgehead atoms. The zero-order valence-corrected chi connectivity index (χ0v) is 14.5. The van der Waals surface area contributed by atoms with Gasteiger partial charge in [-0.2, -0.15) is 0 Å². The molecule has 0 aliphatic heterocycles. The van der Waals surface area contributed by atoms with Gasteiger partial charge >= 0.3 is 0 Å². The Morgan fingerprint density at radius 1 is 1.25 bits per heavy atom. The zero-order chi connectivity index (χ0) is 16.9. The molecule has 4 nitrogen and oxygen atoms in total. The number of ether oxygens (including phenoxy) is 1. The monoisotopic (exact) mass is 341 g/mol. The highest BCUT2D eigenvalue weighted by Gasteiger charge is 2.10. The lowest BCUT2D eigenvalue weighted by molar-refractivity contribution is 0.0952. The van der Waals surface area contributed by atoms with Gasteiger partial charge in [-0.15, -0.1) is 11.3 Å². The van der Waals surface area contributed by atoms with Crippen LogP contribution in [0.15, 0.2) is 52.5 Å². The van der Waals surface area contributed by atoms with Crippen LogP contribution in [0.5, 0.6) is 5.75 Å². The van der Waals surface area contributed by atoms with Crippen molar-refractivity contribution in [3.05, 3.63) is 75.4 Å². The van der Waals surface area contributed by atoms with Crippen molar-refractivity contribution in [2.75, 3.05) is 0 Å². The van der Waals surface area contributed by atoms with Crippen molar-refractivity contribution >= 4 is 17.2 Å². The summed E-state index contributed by atoms with van der Waals surface area (Å²) in [5, 5.41) is 4.79. The van der Waals surface area contributed by atoms with Gasteiger partial charge in [0, 0.05) is 5.56 Å². The standard InChI is InChI=1S/C19H19NO3S/c1-13-5-6-14(2)17(8-13)23-11-15-9-18(24-12-15)19(21)20-10-16-4-3-7-22-16/h3-9,12H,10-11H2,1-2H3,(H,20,21). The molecule has 3 rings (SSSR count). The Bertz CT molecular complexity index is 821. The van der Waals surface area contributed by atoms with Gasteiger partial charge in [-0.25, -0.2) is 0 Å². The topological polar surface area (TPSA) is 51.5 Å². The number of aryl methyl sites for hydroxylation is 2. The molecular weight excluding hydrogens is 322 g/mol. The summed E-state index contributed by atoms with van der Waals surface area (Å²) in [7, 11) is 0. The highest BCUT2D eigenvalue weighted by atomic mass is 32.1. The van der Waals surface area contributed by atoms with Crippen molar-refractivity contribution in [2.45, 2.75) is 27.0 Å². The molecule has 0 atom stereocenters. The van der Waals surface area contributed by atoms with Gasteiger partial charge in [-0.3, -0.25) is 4.79 Å². The Morgan fingerprint density at radius 2 is 2.12 bits per heavy atom.